The minimum atomic E-state index is -4.11. The second kappa shape index (κ2) is 12.3. The number of sulfonamides is 1. The van der Waals surface area contributed by atoms with Crippen molar-refractivity contribution in [1.82, 2.24) is 4.31 Å². The highest BCUT2D eigenvalue weighted by atomic mass is 35.5. The molecule has 0 aliphatic rings. The highest BCUT2D eigenvalue weighted by molar-refractivity contribution is 7.89. The summed E-state index contributed by atoms with van der Waals surface area (Å²) in [5, 5.41) is 3.66. The third-order valence-corrected chi connectivity index (χ3v) is 8.50. The van der Waals surface area contributed by atoms with Gasteiger partial charge >= 0.3 is 0 Å². The molecule has 0 fully saturated rings. The third-order valence-electron chi connectivity index (χ3n) is 5.88. The van der Waals surface area contributed by atoms with E-state index in [1.165, 1.54) is 36.4 Å². The van der Waals surface area contributed by atoms with Crippen LogP contribution < -0.4 is 5.32 Å². The fraction of sp³-hybridized carbons (Fsp3) is 0.103. The highest BCUT2D eigenvalue weighted by Gasteiger charge is 2.28. The molecule has 0 aliphatic heterocycles. The maximum atomic E-state index is 13.6. The molecule has 0 spiro atoms. The fourth-order valence-corrected chi connectivity index (χ4v) is 5.85. The van der Waals surface area contributed by atoms with Crippen molar-refractivity contribution in [3.8, 4) is 0 Å². The predicted molar refractivity (Wildman–Crippen MR) is 155 cm³/mol. The van der Waals surface area contributed by atoms with Gasteiger partial charge < -0.3 is 5.32 Å². The molecular weight excluding hydrogens is 579 g/mol. The Morgan fingerprint density at radius 1 is 0.821 bits per heavy atom. The number of ketones is 1. The van der Waals surface area contributed by atoms with E-state index in [4.69, 9.17) is 34.8 Å². The number of anilines is 1. The molecule has 0 unspecified atom stereocenters. The van der Waals surface area contributed by atoms with Crippen molar-refractivity contribution in [3.05, 3.63) is 128 Å². The van der Waals surface area contributed by atoms with Crippen molar-refractivity contribution < 1.29 is 18.0 Å². The summed E-state index contributed by atoms with van der Waals surface area (Å²) in [6.07, 6.45) is 0. The van der Waals surface area contributed by atoms with Gasteiger partial charge in [-0.25, -0.2) is 8.42 Å². The van der Waals surface area contributed by atoms with E-state index in [1.54, 1.807) is 54.6 Å². The van der Waals surface area contributed by atoms with E-state index in [1.807, 2.05) is 6.92 Å². The molecule has 200 valence electrons. The van der Waals surface area contributed by atoms with E-state index in [2.05, 4.69) is 5.32 Å². The van der Waals surface area contributed by atoms with Crippen molar-refractivity contribution in [2.24, 2.45) is 0 Å². The molecule has 0 saturated heterocycles. The first kappa shape index (κ1) is 28.8. The Kier molecular flexibility index (Phi) is 9.10. The monoisotopic (exact) mass is 600 g/mol. The van der Waals surface area contributed by atoms with Crippen LogP contribution in [0.1, 0.15) is 27.0 Å². The van der Waals surface area contributed by atoms with Crippen molar-refractivity contribution in [2.75, 3.05) is 11.9 Å². The molecule has 0 atom stereocenters. The van der Waals surface area contributed by atoms with E-state index in [-0.39, 0.29) is 33.5 Å². The van der Waals surface area contributed by atoms with E-state index >= 15 is 0 Å². The van der Waals surface area contributed by atoms with Gasteiger partial charge in [-0.2, -0.15) is 4.31 Å². The summed E-state index contributed by atoms with van der Waals surface area (Å²) in [5.41, 5.74) is 2.15. The van der Waals surface area contributed by atoms with Gasteiger partial charge in [0.05, 0.1) is 17.1 Å². The summed E-state index contributed by atoms with van der Waals surface area (Å²) < 4.78 is 28.3. The van der Waals surface area contributed by atoms with E-state index in [9.17, 15) is 18.0 Å². The maximum absolute atomic E-state index is 13.6. The Balaban J connectivity index is 1.65. The fourth-order valence-electron chi connectivity index (χ4n) is 3.83. The van der Waals surface area contributed by atoms with Crippen LogP contribution in [0.2, 0.25) is 15.1 Å². The number of amides is 1. The van der Waals surface area contributed by atoms with Crippen LogP contribution in [0.15, 0.2) is 95.9 Å². The molecule has 10 heteroatoms. The average molecular weight is 602 g/mol. The first-order valence-electron chi connectivity index (χ1n) is 11.7. The number of carbonyl (C=O) groups is 2. The number of rotatable bonds is 9. The number of benzene rings is 4. The van der Waals surface area contributed by atoms with Gasteiger partial charge in [-0.1, -0.05) is 88.9 Å². The van der Waals surface area contributed by atoms with Gasteiger partial charge in [0.15, 0.2) is 5.78 Å². The molecule has 0 saturated carbocycles. The Bertz CT molecular complexity index is 1630. The number of aryl methyl sites for hydroxylation is 1. The summed E-state index contributed by atoms with van der Waals surface area (Å²) in [6, 6.07) is 24.1. The number of hydrogen-bond acceptors (Lipinski definition) is 4. The van der Waals surface area contributed by atoms with Crippen molar-refractivity contribution in [3.63, 3.8) is 0 Å². The number of nitrogens with zero attached hydrogens (tertiary/aromatic N) is 1. The summed E-state index contributed by atoms with van der Waals surface area (Å²) >= 11 is 18.5. The number of carbonyl (C=O) groups excluding carboxylic acids is 2. The number of halogens is 3. The van der Waals surface area contributed by atoms with Crippen LogP contribution in [0, 0.1) is 6.92 Å². The summed E-state index contributed by atoms with van der Waals surface area (Å²) in [5.74, 6) is -0.995. The lowest BCUT2D eigenvalue weighted by atomic mass is 10.0. The standard InChI is InChI=1S/C29H23Cl3N2O4S/c1-19-7-12-24(13-8-19)39(37,38)34(17-21-9-10-23(31)16-26(21)32)18-28(35)33-27-14-11-22(30)15-25(27)29(36)20-5-3-2-4-6-20/h2-16H,17-18H2,1H3,(H,33,35). The summed E-state index contributed by atoms with van der Waals surface area (Å²) in [7, 11) is -4.11. The Hall–Kier alpha value is -3.20. The van der Waals surface area contributed by atoms with Gasteiger partial charge in [-0.15, -0.1) is 0 Å². The minimum Gasteiger partial charge on any atom is -0.324 e. The second-order valence-electron chi connectivity index (χ2n) is 8.76. The molecule has 4 aromatic rings. The van der Waals surface area contributed by atoms with Crippen molar-refractivity contribution in [1.29, 1.82) is 0 Å². The van der Waals surface area contributed by atoms with Crippen LogP contribution in [0.25, 0.3) is 0 Å². The van der Waals surface area contributed by atoms with Crippen LogP contribution in [0.4, 0.5) is 5.69 Å². The van der Waals surface area contributed by atoms with Crippen LogP contribution in [-0.2, 0) is 21.4 Å². The molecule has 1 N–H and O–H groups in total. The molecule has 0 bridgehead atoms. The second-order valence-corrected chi connectivity index (χ2v) is 12.0. The number of hydrogen-bond donors (Lipinski definition) is 1. The Morgan fingerprint density at radius 3 is 2.13 bits per heavy atom. The molecule has 6 nitrogen and oxygen atoms in total. The normalized spacial score (nSPS) is 11.4. The summed E-state index contributed by atoms with van der Waals surface area (Å²) in [4.78, 5) is 26.4. The van der Waals surface area contributed by atoms with E-state index < -0.39 is 22.5 Å². The zero-order valence-corrected chi connectivity index (χ0v) is 23.8. The van der Waals surface area contributed by atoms with Gasteiger partial charge in [-0.3, -0.25) is 9.59 Å². The average Bonchev–Trinajstić information content (AvgIpc) is 2.91. The van der Waals surface area contributed by atoms with Crippen molar-refractivity contribution in [2.45, 2.75) is 18.4 Å². The minimum absolute atomic E-state index is 0.0254. The molecule has 4 aromatic carbocycles. The molecule has 4 rings (SSSR count). The van der Waals surface area contributed by atoms with Crippen LogP contribution >= 0.6 is 34.8 Å². The molecular formula is C29H23Cl3N2O4S. The molecule has 0 radical (unpaired) electrons. The lowest BCUT2D eigenvalue weighted by Gasteiger charge is -2.23. The third kappa shape index (κ3) is 7.06. The molecule has 39 heavy (non-hydrogen) atoms. The largest absolute Gasteiger partial charge is 0.324 e. The van der Waals surface area contributed by atoms with E-state index in [0.29, 0.717) is 21.2 Å². The highest BCUT2D eigenvalue weighted by Crippen LogP contribution is 2.27. The van der Waals surface area contributed by atoms with Gasteiger partial charge in [0.2, 0.25) is 15.9 Å². The number of nitrogens with one attached hydrogen (secondary N) is 1. The molecule has 0 heterocycles. The quantitative estimate of drug-likeness (QED) is 0.209. The van der Waals surface area contributed by atoms with Gasteiger partial charge in [0.1, 0.15) is 0 Å². The van der Waals surface area contributed by atoms with Crippen LogP contribution in [0.3, 0.4) is 0 Å². The molecule has 1 amide bonds. The van der Waals surface area contributed by atoms with Crippen LogP contribution in [-0.4, -0.2) is 31.0 Å². The van der Waals surface area contributed by atoms with Gasteiger partial charge in [0.25, 0.3) is 0 Å². The van der Waals surface area contributed by atoms with Gasteiger partial charge in [-0.05, 0) is 55.0 Å². The maximum Gasteiger partial charge on any atom is 0.243 e. The SMILES string of the molecule is Cc1ccc(S(=O)(=O)N(CC(=O)Nc2ccc(Cl)cc2C(=O)c2ccccc2)Cc2ccc(Cl)cc2Cl)cc1. The van der Waals surface area contributed by atoms with E-state index in [0.717, 1.165) is 9.87 Å². The molecule has 0 aromatic heterocycles. The summed E-state index contributed by atoms with van der Waals surface area (Å²) in [6.45, 7) is 1.11. The molecule has 0 aliphatic carbocycles. The zero-order valence-electron chi connectivity index (χ0n) is 20.7. The lowest BCUT2D eigenvalue weighted by Crippen LogP contribution is -2.37. The zero-order chi connectivity index (χ0) is 28.2. The van der Waals surface area contributed by atoms with Crippen LogP contribution in [0.5, 0.6) is 0 Å². The van der Waals surface area contributed by atoms with Crippen molar-refractivity contribution >= 4 is 62.2 Å². The smallest absolute Gasteiger partial charge is 0.243 e. The lowest BCUT2D eigenvalue weighted by molar-refractivity contribution is -0.116. The predicted octanol–water partition coefficient (Wildman–Crippen LogP) is 7.02. The van der Waals surface area contributed by atoms with Gasteiger partial charge in [0, 0.05) is 32.7 Å². The Morgan fingerprint density at radius 2 is 1.46 bits per heavy atom. The first-order valence-corrected chi connectivity index (χ1v) is 14.3. The Labute approximate surface area is 242 Å². The topological polar surface area (TPSA) is 83.6 Å². The first-order chi connectivity index (χ1) is 18.5.